The monoisotopic (exact) mass is 327 g/mol. The zero-order valence-corrected chi connectivity index (χ0v) is 13.9. The van der Waals surface area contributed by atoms with Crippen LogP contribution in [-0.2, 0) is 26.2 Å². The Morgan fingerprint density at radius 1 is 1.09 bits per heavy atom. The fourth-order valence-corrected chi connectivity index (χ4v) is 2.48. The Kier molecular flexibility index (Phi) is 6.07. The lowest BCUT2D eigenvalue weighted by Gasteiger charge is -2.12. The molecule has 7 nitrogen and oxygen atoms in total. The predicted molar refractivity (Wildman–Crippen MR) is 82.4 cm³/mol. The second kappa shape index (κ2) is 7.37. The second-order valence-electron chi connectivity index (χ2n) is 5.24. The van der Waals surface area contributed by atoms with E-state index >= 15 is 0 Å². The van der Waals surface area contributed by atoms with Crippen LogP contribution in [-0.4, -0.2) is 44.7 Å². The quantitative estimate of drug-likeness (QED) is 0.749. The number of carbonyl (C=O) groups excluding carboxylic acids is 2. The number of rotatable bonds is 5. The average molecular weight is 327 g/mol. The standard InChI is InChI=1S/C14H21N3O4S/c1-10(2)16-14(19)13(18)15-9-11-5-7-12(8-6-11)22(20,21)17(3)4/h5-8,10H,9H2,1-4H3,(H,15,18)(H,16,19). The number of amides is 2. The van der Waals surface area contributed by atoms with E-state index in [-0.39, 0.29) is 17.5 Å². The highest BCUT2D eigenvalue weighted by molar-refractivity contribution is 7.89. The highest BCUT2D eigenvalue weighted by atomic mass is 32.2. The van der Waals surface area contributed by atoms with Crippen LogP contribution in [0.2, 0.25) is 0 Å². The molecule has 0 saturated heterocycles. The van der Waals surface area contributed by atoms with Gasteiger partial charge in [0.2, 0.25) is 10.0 Å². The van der Waals surface area contributed by atoms with Crippen molar-refractivity contribution in [2.75, 3.05) is 14.1 Å². The summed E-state index contributed by atoms with van der Waals surface area (Å²) in [5.74, 6) is -1.42. The summed E-state index contributed by atoms with van der Waals surface area (Å²) in [7, 11) is -0.560. The lowest BCUT2D eigenvalue weighted by Crippen LogP contribution is -2.42. The number of benzene rings is 1. The minimum absolute atomic E-state index is 0.117. The van der Waals surface area contributed by atoms with Gasteiger partial charge in [-0.3, -0.25) is 9.59 Å². The van der Waals surface area contributed by atoms with Crippen molar-refractivity contribution in [3.8, 4) is 0 Å². The van der Waals surface area contributed by atoms with Crippen molar-refractivity contribution in [2.24, 2.45) is 0 Å². The van der Waals surface area contributed by atoms with E-state index in [1.165, 1.54) is 26.2 Å². The van der Waals surface area contributed by atoms with E-state index in [1.54, 1.807) is 26.0 Å². The van der Waals surface area contributed by atoms with Gasteiger partial charge in [0.15, 0.2) is 0 Å². The third-order valence-electron chi connectivity index (χ3n) is 2.78. The van der Waals surface area contributed by atoms with Crippen LogP contribution in [0.25, 0.3) is 0 Å². The van der Waals surface area contributed by atoms with Crippen LogP contribution < -0.4 is 10.6 Å². The van der Waals surface area contributed by atoms with E-state index in [4.69, 9.17) is 0 Å². The molecule has 0 fully saturated rings. The Bertz CT molecular complexity index is 637. The van der Waals surface area contributed by atoms with E-state index < -0.39 is 21.8 Å². The third-order valence-corrected chi connectivity index (χ3v) is 4.61. The summed E-state index contributed by atoms with van der Waals surface area (Å²) in [5, 5.41) is 4.96. The van der Waals surface area contributed by atoms with Gasteiger partial charge in [-0.05, 0) is 31.5 Å². The third kappa shape index (κ3) is 4.81. The lowest BCUT2D eigenvalue weighted by molar-refractivity contribution is -0.139. The topological polar surface area (TPSA) is 95.6 Å². The molecule has 8 heteroatoms. The lowest BCUT2D eigenvalue weighted by atomic mass is 10.2. The molecule has 0 aliphatic heterocycles. The number of hydrogen-bond donors (Lipinski definition) is 2. The van der Waals surface area contributed by atoms with E-state index in [1.807, 2.05) is 0 Å². The Morgan fingerprint density at radius 2 is 1.64 bits per heavy atom. The maximum atomic E-state index is 11.9. The normalized spacial score (nSPS) is 11.5. The minimum Gasteiger partial charge on any atom is -0.346 e. The summed E-state index contributed by atoms with van der Waals surface area (Å²) < 4.78 is 24.9. The molecule has 0 unspecified atom stereocenters. The molecule has 2 amide bonds. The maximum absolute atomic E-state index is 11.9. The molecule has 22 heavy (non-hydrogen) atoms. The zero-order chi connectivity index (χ0) is 16.9. The molecule has 0 atom stereocenters. The van der Waals surface area contributed by atoms with Crippen molar-refractivity contribution in [1.29, 1.82) is 0 Å². The van der Waals surface area contributed by atoms with Crippen LogP contribution in [0.3, 0.4) is 0 Å². The molecule has 0 aliphatic rings. The van der Waals surface area contributed by atoms with Gasteiger partial charge in [0.25, 0.3) is 0 Å². The molecule has 0 aliphatic carbocycles. The molecule has 0 spiro atoms. The largest absolute Gasteiger partial charge is 0.346 e. The average Bonchev–Trinajstić information content (AvgIpc) is 2.44. The van der Waals surface area contributed by atoms with Gasteiger partial charge >= 0.3 is 11.8 Å². The Labute approximate surface area is 130 Å². The van der Waals surface area contributed by atoms with Crippen LogP contribution in [0.5, 0.6) is 0 Å². The van der Waals surface area contributed by atoms with Gasteiger partial charge in [0.05, 0.1) is 4.90 Å². The van der Waals surface area contributed by atoms with Gasteiger partial charge in [0.1, 0.15) is 0 Å². The Balaban J connectivity index is 2.66. The first kappa shape index (κ1) is 18.1. The summed E-state index contributed by atoms with van der Waals surface area (Å²) >= 11 is 0. The number of carbonyl (C=O) groups is 2. The van der Waals surface area contributed by atoms with Crippen molar-refractivity contribution in [2.45, 2.75) is 31.3 Å². The highest BCUT2D eigenvalue weighted by Gasteiger charge is 2.17. The number of nitrogens with zero attached hydrogens (tertiary/aromatic N) is 1. The second-order valence-corrected chi connectivity index (χ2v) is 7.39. The van der Waals surface area contributed by atoms with Gasteiger partial charge in [-0.15, -0.1) is 0 Å². The van der Waals surface area contributed by atoms with E-state index in [0.29, 0.717) is 5.56 Å². The van der Waals surface area contributed by atoms with Crippen molar-refractivity contribution < 1.29 is 18.0 Å². The minimum atomic E-state index is -3.47. The molecule has 0 saturated carbocycles. The summed E-state index contributed by atoms with van der Waals surface area (Å²) in [6.45, 7) is 3.66. The molecule has 122 valence electrons. The molecule has 0 heterocycles. The fourth-order valence-electron chi connectivity index (χ4n) is 1.58. The van der Waals surface area contributed by atoms with Gasteiger partial charge in [-0.2, -0.15) is 0 Å². The van der Waals surface area contributed by atoms with Crippen molar-refractivity contribution in [1.82, 2.24) is 14.9 Å². The fraction of sp³-hybridized carbons (Fsp3) is 0.429. The van der Waals surface area contributed by atoms with Crippen molar-refractivity contribution in [3.05, 3.63) is 29.8 Å². The zero-order valence-electron chi connectivity index (χ0n) is 13.1. The van der Waals surface area contributed by atoms with Gasteiger partial charge in [0, 0.05) is 26.7 Å². The van der Waals surface area contributed by atoms with Crippen LogP contribution in [0.1, 0.15) is 19.4 Å². The number of hydrogen-bond acceptors (Lipinski definition) is 4. The molecule has 1 aromatic rings. The first-order valence-corrected chi connectivity index (χ1v) is 8.18. The first-order valence-electron chi connectivity index (χ1n) is 6.74. The SMILES string of the molecule is CC(C)NC(=O)C(=O)NCc1ccc(S(=O)(=O)N(C)C)cc1. The summed E-state index contributed by atoms with van der Waals surface area (Å²) in [4.78, 5) is 23.1. The van der Waals surface area contributed by atoms with Gasteiger partial charge in [-0.1, -0.05) is 12.1 Å². The number of sulfonamides is 1. The van der Waals surface area contributed by atoms with Crippen molar-refractivity contribution >= 4 is 21.8 Å². The molecule has 1 aromatic carbocycles. The molecule has 0 bridgehead atoms. The van der Waals surface area contributed by atoms with E-state index in [0.717, 1.165) is 4.31 Å². The van der Waals surface area contributed by atoms with Crippen LogP contribution >= 0.6 is 0 Å². The van der Waals surface area contributed by atoms with Gasteiger partial charge in [-0.25, -0.2) is 12.7 Å². The molecule has 0 radical (unpaired) electrons. The summed E-state index contributed by atoms with van der Waals surface area (Å²) in [6.07, 6.45) is 0. The molecule has 2 N–H and O–H groups in total. The molecular weight excluding hydrogens is 306 g/mol. The smallest absolute Gasteiger partial charge is 0.309 e. The van der Waals surface area contributed by atoms with Gasteiger partial charge < -0.3 is 10.6 Å². The molecular formula is C14H21N3O4S. The number of nitrogens with one attached hydrogen (secondary N) is 2. The van der Waals surface area contributed by atoms with E-state index in [2.05, 4.69) is 10.6 Å². The van der Waals surface area contributed by atoms with Crippen LogP contribution in [0.15, 0.2) is 29.2 Å². The highest BCUT2D eigenvalue weighted by Crippen LogP contribution is 2.13. The Morgan fingerprint density at radius 3 is 2.09 bits per heavy atom. The van der Waals surface area contributed by atoms with Crippen LogP contribution in [0.4, 0.5) is 0 Å². The summed E-state index contributed by atoms with van der Waals surface area (Å²) in [6, 6.07) is 6.00. The maximum Gasteiger partial charge on any atom is 0.309 e. The summed E-state index contributed by atoms with van der Waals surface area (Å²) in [5.41, 5.74) is 0.698. The first-order chi connectivity index (χ1) is 10.1. The molecule has 0 aromatic heterocycles. The molecule has 1 rings (SSSR count). The predicted octanol–water partition coefficient (Wildman–Crippen LogP) is 0.0777. The van der Waals surface area contributed by atoms with Crippen molar-refractivity contribution in [3.63, 3.8) is 0 Å². The van der Waals surface area contributed by atoms with E-state index in [9.17, 15) is 18.0 Å². The van der Waals surface area contributed by atoms with Crippen LogP contribution in [0, 0.1) is 0 Å². The Hall–Kier alpha value is -1.93.